The van der Waals surface area contributed by atoms with Crippen LogP contribution in [0.3, 0.4) is 0 Å². The lowest BCUT2D eigenvalue weighted by Gasteiger charge is -2.27. The summed E-state index contributed by atoms with van der Waals surface area (Å²) in [5.41, 5.74) is 1.97. The number of carbonyl (C=O) groups excluding carboxylic acids is 1. The van der Waals surface area contributed by atoms with Crippen LogP contribution in [0.5, 0.6) is 0 Å². The number of amides is 1. The minimum Gasteiger partial charge on any atom is -0.341 e. The molecule has 2 unspecified atom stereocenters. The summed E-state index contributed by atoms with van der Waals surface area (Å²) < 4.78 is 36.9. The van der Waals surface area contributed by atoms with E-state index < -0.39 is 23.7 Å². The van der Waals surface area contributed by atoms with E-state index in [1.165, 1.54) is 0 Å². The highest BCUT2D eigenvalue weighted by atomic mass is 19.4. The predicted octanol–water partition coefficient (Wildman–Crippen LogP) is 0.794. The maximum absolute atomic E-state index is 12.3. The van der Waals surface area contributed by atoms with E-state index in [0.29, 0.717) is 13.3 Å². The van der Waals surface area contributed by atoms with Crippen LogP contribution in [0.2, 0.25) is 0 Å². The van der Waals surface area contributed by atoms with E-state index in [1.807, 2.05) is 5.32 Å². The van der Waals surface area contributed by atoms with E-state index in [-0.39, 0.29) is 0 Å². The van der Waals surface area contributed by atoms with Gasteiger partial charge in [-0.05, 0) is 13.3 Å². The first kappa shape index (κ1) is 13.8. The highest BCUT2D eigenvalue weighted by Gasteiger charge is 2.54. The van der Waals surface area contributed by atoms with Crippen LogP contribution < -0.4 is 11.1 Å². The van der Waals surface area contributed by atoms with E-state index in [1.54, 1.807) is 6.92 Å². The lowest BCUT2D eigenvalue weighted by Crippen LogP contribution is -2.62. The van der Waals surface area contributed by atoms with Gasteiger partial charge in [0.1, 0.15) is 0 Å². The van der Waals surface area contributed by atoms with Gasteiger partial charge in [0.25, 0.3) is 0 Å². The van der Waals surface area contributed by atoms with Crippen molar-refractivity contribution in [1.82, 2.24) is 5.32 Å². The molecule has 0 spiro atoms. The summed E-state index contributed by atoms with van der Waals surface area (Å²) in [4.78, 5) is 11.2. The number of carbonyl (C=O) groups is 1. The fourth-order valence-corrected chi connectivity index (χ4v) is 0.698. The minimum absolute atomic E-state index is 0.343. The van der Waals surface area contributed by atoms with Crippen molar-refractivity contribution in [3.63, 3.8) is 0 Å². The zero-order valence-corrected chi connectivity index (χ0v) is 8.48. The predicted molar refractivity (Wildman–Crippen MR) is 49.7 cm³/mol. The van der Waals surface area contributed by atoms with E-state index in [4.69, 9.17) is 12.2 Å². The van der Waals surface area contributed by atoms with E-state index in [0.717, 1.165) is 0 Å². The molecule has 15 heavy (non-hydrogen) atoms. The monoisotopic (exact) mass is 222 g/mol. The molecule has 0 saturated carbocycles. The molecule has 0 fully saturated rings. The van der Waals surface area contributed by atoms with Crippen molar-refractivity contribution < 1.29 is 18.0 Å². The number of alkyl halides is 3. The first-order valence-electron chi connectivity index (χ1n) is 4.29. The molecule has 0 aliphatic heterocycles. The van der Waals surface area contributed by atoms with Crippen LogP contribution in [-0.4, -0.2) is 23.7 Å². The Kier molecular flexibility index (Phi) is 4.16. The molecular formula is C9H13F3N2O. The van der Waals surface area contributed by atoms with Gasteiger partial charge in [-0.2, -0.15) is 13.2 Å². The lowest BCUT2D eigenvalue weighted by molar-refractivity contribution is -0.187. The van der Waals surface area contributed by atoms with Crippen LogP contribution in [0, 0.1) is 12.3 Å². The maximum Gasteiger partial charge on any atom is 0.415 e. The third-order valence-corrected chi connectivity index (χ3v) is 1.98. The van der Waals surface area contributed by atoms with E-state index >= 15 is 0 Å². The fourth-order valence-electron chi connectivity index (χ4n) is 0.698. The quantitative estimate of drug-likeness (QED) is 0.694. The number of nitrogens with one attached hydrogen (secondary N) is 1. The molecule has 0 rings (SSSR count). The van der Waals surface area contributed by atoms with Gasteiger partial charge in [0.05, 0.1) is 6.04 Å². The average molecular weight is 222 g/mol. The number of halogens is 3. The molecule has 0 aromatic heterocycles. The van der Waals surface area contributed by atoms with Gasteiger partial charge in [-0.3, -0.25) is 4.79 Å². The number of terminal acetylenes is 1. The molecule has 3 nitrogen and oxygen atoms in total. The van der Waals surface area contributed by atoms with Crippen molar-refractivity contribution in [2.24, 2.45) is 5.73 Å². The molecule has 0 bridgehead atoms. The van der Waals surface area contributed by atoms with Gasteiger partial charge in [-0.15, -0.1) is 6.42 Å². The van der Waals surface area contributed by atoms with Crippen LogP contribution in [-0.2, 0) is 4.79 Å². The zero-order valence-electron chi connectivity index (χ0n) is 8.48. The van der Waals surface area contributed by atoms with Crippen molar-refractivity contribution in [1.29, 1.82) is 0 Å². The molecular weight excluding hydrogens is 209 g/mol. The molecule has 0 aromatic carbocycles. The summed E-state index contributed by atoms with van der Waals surface area (Å²) in [5.74, 6) is 0.832. The van der Waals surface area contributed by atoms with Gasteiger partial charge >= 0.3 is 6.18 Å². The Labute approximate surface area is 86.2 Å². The highest BCUT2D eigenvalue weighted by molar-refractivity contribution is 5.87. The van der Waals surface area contributed by atoms with Crippen LogP contribution in [0.25, 0.3) is 0 Å². The molecule has 0 heterocycles. The molecule has 0 aliphatic carbocycles. The summed E-state index contributed by atoms with van der Waals surface area (Å²) in [6.07, 6.45) is 0.539. The third kappa shape index (κ3) is 3.13. The molecule has 3 N–H and O–H groups in total. The Hall–Kier alpha value is -1.22. The molecule has 6 heteroatoms. The Morgan fingerprint density at radius 2 is 2.07 bits per heavy atom. The second-order valence-electron chi connectivity index (χ2n) is 3.30. The highest BCUT2D eigenvalue weighted by Crippen LogP contribution is 2.28. The van der Waals surface area contributed by atoms with Gasteiger partial charge in [0, 0.05) is 0 Å². The van der Waals surface area contributed by atoms with E-state index in [9.17, 15) is 18.0 Å². The average Bonchev–Trinajstić information content (AvgIpc) is 2.11. The van der Waals surface area contributed by atoms with Crippen LogP contribution in [0.4, 0.5) is 13.2 Å². The smallest absolute Gasteiger partial charge is 0.341 e. The summed E-state index contributed by atoms with van der Waals surface area (Å²) in [6, 6.07) is -0.734. The Bertz CT molecular complexity index is 278. The normalized spacial score (nSPS) is 17.4. The van der Waals surface area contributed by atoms with E-state index in [2.05, 4.69) is 5.92 Å². The number of nitrogens with two attached hydrogens (primary N) is 1. The number of hydrogen-bond acceptors (Lipinski definition) is 2. The minimum atomic E-state index is -4.80. The van der Waals surface area contributed by atoms with Gasteiger partial charge in [-0.25, -0.2) is 0 Å². The fraction of sp³-hybridized carbons (Fsp3) is 0.667. The van der Waals surface area contributed by atoms with Crippen molar-refractivity contribution in [2.45, 2.75) is 38.0 Å². The number of rotatable bonds is 3. The Balaban J connectivity index is 4.67. The molecule has 0 radical (unpaired) electrons. The SMILES string of the molecule is C#CC(CC)NC(=O)C(C)(N)C(F)(F)F. The molecule has 1 amide bonds. The topological polar surface area (TPSA) is 55.1 Å². The molecule has 0 saturated heterocycles. The molecule has 0 aliphatic rings. The van der Waals surface area contributed by atoms with Gasteiger partial charge in [0.2, 0.25) is 5.91 Å². The Morgan fingerprint density at radius 3 is 2.33 bits per heavy atom. The molecule has 86 valence electrons. The first-order valence-corrected chi connectivity index (χ1v) is 4.29. The molecule has 0 aromatic rings. The summed E-state index contributed by atoms with van der Waals surface area (Å²) >= 11 is 0. The summed E-state index contributed by atoms with van der Waals surface area (Å²) in [6.45, 7) is 2.25. The second-order valence-corrected chi connectivity index (χ2v) is 3.30. The largest absolute Gasteiger partial charge is 0.415 e. The van der Waals surface area contributed by atoms with Crippen molar-refractivity contribution in [3.8, 4) is 12.3 Å². The standard InChI is InChI=1S/C9H13F3N2O/c1-4-6(5-2)14-7(15)8(3,13)9(10,11)12/h1,6H,5,13H2,2-3H3,(H,14,15). The maximum atomic E-state index is 12.3. The lowest BCUT2D eigenvalue weighted by atomic mass is 10.0. The van der Waals surface area contributed by atoms with Crippen molar-refractivity contribution in [3.05, 3.63) is 0 Å². The van der Waals surface area contributed by atoms with Crippen LogP contribution >= 0.6 is 0 Å². The van der Waals surface area contributed by atoms with Crippen molar-refractivity contribution >= 4 is 5.91 Å². The van der Waals surface area contributed by atoms with Crippen molar-refractivity contribution in [2.75, 3.05) is 0 Å². The van der Waals surface area contributed by atoms with Crippen LogP contribution in [0.15, 0.2) is 0 Å². The van der Waals surface area contributed by atoms with Gasteiger partial charge < -0.3 is 11.1 Å². The summed E-state index contributed by atoms with van der Waals surface area (Å²) in [7, 11) is 0. The zero-order chi connectivity index (χ0) is 12.3. The van der Waals surface area contributed by atoms with Gasteiger partial charge in [-0.1, -0.05) is 12.8 Å². The van der Waals surface area contributed by atoms with Crippen LogP contribution in [0.1, 0.15) is 20.3 Å². The van der Waals surface area contributed by atoms with Gasteiger partial charge in [0.15, 0.2) is 5.54 Å². The Morgan fingerprint density at radius 1 is 1.60 bits per heavy atom. The third-order valence-electron chi connectivity index (χ3n) is 1.98. The molecule has 2 atom stereocenters. The summed E-state index contributed by atoms with van der Waals surface area (Å²) in [5, 5.41) is 2.04. The second kappa shape index (κ2) is 4.53. The first-order chi connectivity index (χ1) is 6.66. The number of hydrogen-bond donors (Lipinski definition) is 2.